The third kappa shape index (κ3) is 2.18. The number of nitrogens with one attached hydrogen (secondary N) is 1. The van der Waals surface area contributed by atoms with Crippen molar-refractivity contribution in [3.8, 4) is 0 Å². The first-order valence-electron chi connectivity index (χ1n) is 5.36. The van der Waals surface area contributed by atoms with Crippen LogP contribution in [0.5, 0.6) is 0 Å². The van der Waals surface area contributed by atoms with E-state index in [4.69, 9.17) is 5.53 Å². The first-order chi connectivity index (χ1) is 6.90. The average molecular weight is 195 g/mol. The van der Waals surface area contributed by atoms with Crippen LogP contribution in [0.2, 0.25) is 0 Å². The number of rotatable bonds is 3. The van der Waals surface area contributed by atoms with E-state index in [1.54, 1.807) is 0 Å². The molecule has 0 aromatic carbocycles. The third-order valence-corrected chi connectivity index (χ3v) is 3.33. The second-order valence-electron chi connectivity index (χ2n) is 4.20. The highest BCUT2D eigenvalue weighted by molar-refractivity contribution is 4.87. The molecule has 2 rings (SSSR count). The maximum Gasteiger partial charge on any atom is 0.0345 e. The molecule has 0 unspecified atom stereocenters. The standard InChI is InChI=1S/C9H17N5/c10-13-12-5-8-1-3-14(4-2-8)9-6-11-7-9/h8-9,11H,1-7H2. The van der Waals surface area contributed by atoms with Crippen molar-refractivity contribution in [2.24, 2.45) is 11.0 Å². The van der Waals surface area contributed by atoms with Crippen LogP contribution in [0.25, 0.3) is 10.4 Å². The lowest BCUT2D eigenvalue weighted by atomic mass is 9.95. The summed E-state index contributed by atoms with van der Waals surface area (Å²) >= 11 is 0. The maximum absolute atomic E-state index is 8.22. The van der Waals surface area contributed by atoms with Gasteiger partial charge >= 0.3 is 0 Å². The predicted octanol–water partition coefficient (Wildman–Crippen LogP) is 0.981. The SMILES string of the molecule is [N-]=[N+]=NCC1CCN(C2CNC2)CC1. The lowest BCUT2D eigenvalue weighted by molar-refractivity contribution is 0.101. The molecule has 1 N–H and O–H groups in total. The van der Waals surface area contributed by atoms with E-state index in [1.807, 2.05) is 0 Å². The molecule has 0 aliphatic carbocycles. The second kappa shape index (κ2) is 4.64. The van der Waals surface area contributed by atoms with Crippen LogP contribution in [0, 0.1) is 5.92 Å². The molecule has 0 aromatic rings. The van der Waals surface area contributed by atoms with E-state index in [-0.39, 0.29) is 0 Å². The predicted molar refractivity (Wildman–Crippen MR) is 55.0 cm³/mol. The maximum atomic E-state index is 8.22. The monoisotopic (exact) mass is 195 g/mol. The van der Waals surface area contributed by atoms with Crippen molar-refractivity contribution >= 4 is 0 Å². The van der Waals surface area contributed by atoms with E-state index in [9.17, 15) is 0 Å². The number of hydrogen-bond donors (Lipinski definition) is 1. The van der Waals surface area contributed by atoms with Crippen LogP contribution < -0.4 is 5.32 Å². The van der Waals surface area contributed by atoms with Crippen molar-refractivity contribution in [3.05, 3.63) is 10.4 Å². The van der Waals surface area contributed by atoms with Crippen LogP contribution in [-0.2, 0) is 0 Å². The highest BCUT2D eigenvalue weighted by atomic mass is 15.2. The van der Waals surface area contributed by atoms with E-state index in [1.165, 1.54) is 25.9 Å². The zero-order valence-electron chi connectivity index (χ0n) is 8.39. The fourth-order valence-corrected chi connectivity index (χ4v) is 2.18. The summed E-state index contributed by atoms with van der Waals surface area (Å²) in [5, 5.41) is 6.94. The Kier molecular flexibility index (Phi) is 3.24. The minimum Gasteiger partial charge on any atom is -0.314 e. The average Bonchev–Trinajstić information content (AvgIpc) is 2.14. The minimum absolute atomic E-state index is 0.621. The molecule has 0 spiro atoms. The van der Waals surface area contributed by atoms with Gasteiger partial charge in [0, 0.05) is 30.6 Å². The van der Waals surface area contributed by atoms with Gasteiger partial charge in [0.2, 0.25) is 0 Å². The Morgan fingerprint density at radius 2 is 2.07 bits per heavy atom. The lowest BCUT2D eigenvalue weighted by Gasteiger charge is -2.42. The number of nitrogens with zero attached hydrogens (tertiary/aromatic N) is 4. The topological polar surface area (TPSA) is 64.0 Å². The van der Waals surface area contributed by atoms with Crippen LogP contribution in [0.4, 0.5) is 0 Å². The molecule has 2 heterocycles. The smallest absolute Gasteiger partial charge is 0.0345 e. The summed E-state index contributed by atoms with van der Waals surface area (Å²) in [6.45, 7) is 5.35. The van der Waals surface area contributed by atoms with Crippen LogP contribution in [0.3, 0.4) is 0 Å². The molecular formula is C9H17N5. The van der Waals surface area contributed by atoms with Gasteiger partial charge in [0.05, 0.1) is 0 Å². The molecule has 0 radical (unpaired) electrons. The molecule has 2 aliphatic rings. The molecule has 5 nitrogen and oxygen atoms in total. The van der Waals surface area contributed by atoms with Crippen molar-refractivity contribution in [1.82, 2.24) is 10.2 Å². The Bertz CT molecular complexity index is 223. The van der Waals surface area contributed by atoms with Gasteiger partial charge in [-0.3, -0.25) is 4.90 Å². The number of azide groups is 1. The van der Waals surface area contributed by atoms with Crippen molar-refractivity contribution in [3.63, 3.8) is 0 Å². The highest BCUT2D eigenvalue weighted by Crippen LogP contribution is 2.20. The Labute approximate surface area is 84.1 Å². The Balaban J connectivity index is 1.71. The fourth-order valence-electron chi connectivity index (χ4n) is 2.18. The van der Waals surface area contributed by atoms with Gasteiger partial charge in [0.1, 0.15) is 0 Å². The summed E-state index contributed by atoms with van der Waals surface area (Å²) in [7, 11) is 0. The Hall–Kier alpha value is -0.770. The van der Waals surface area contributed by atoms with Gasteiger partial charge in [-0.1, -0.05) is 5.11 Å². The number of piperidine rings is 1. The molecule has 0 saturated carbocycles. The van der Waals surface area contributed by atoms with Crippen molar-refractivity contribution in [1.29, 1.82) is 0 Å². The molecule has 5 heteroatoms. The summed E-state index contributed by atoms with van der Waals surface area (Å²) in [6, 6.07) is 0.774. The summed E-state index contributed by atoms with van der Waals surface area (Å²) in [4.78, 5) is 5.37. The van der Waals surface area contributed by atoms with Gasteiger partial charge in [-0.2, -0.15) is 0 Å². The number of likely N-dealkylation sites (tertiary alicyclic amines) is 1. The van der Waals surface area contributed by atoms with Gasteiger partial charge in [-0.25, -0.2) is 0 Å². The van der Waals surface area contributed by atoms with E-state index >= 15 is 0 Å². The highest BCUT2D eigenvalue weighted by Gasteiger charge is 2.27. The van der Waals surface area contributed by atoms with E-state index in [0.717, 1.165) is 19.1 Å². The molecular weight excluding hydrogens is 178 g/mol. The third-order valence-electron chi connectivity index (χ3n) is 3.33. The van der Waals surface area contributed by atoms with Gasteiger partial charge in [0.15, 0.2) is 0 Å². The van der Waals surface area contributed by atoms with Crippen LogP contribution >= 0.6 is 0 Å². The van der Waals surface area contributed by atoms with Crippen LogP contribution in [-0.4, -0.2) is 43.7 Å². The van der Waals surface area contributed by atoms with Crippen LogP contribution in [0.1, 0.15) is 12.8 Å². The normalized spacial score (nSPS) is 25.4. The van der Waals surface area contributed by atoms with Gasteiger partial charge in [0.25, 0.3) is 0 Å². The first-order valence-corrected chi connectivity index (χ1v) is 5.36. The van der Waals surface area contributed by atoms with Gasteiger partial charge in [-0.15, -0.1) is 0 Å². The Morgan fingerprint density at radius 1 is 1.36 bits per heavy atom. The molecule has 0 amide bonds. The summed E-state index contributed by atoms with van der Waals surface area (Å²) < 4.78 is 0. The van der Waals surface area contributed by atoms with Gasteiger partial charge < -0.3 is 5.32 Å². The molecule has 14 heavy (non-hydrogen) atoms. The van der Waals surface area contributed by atoms with Crippen molar-refractivity contribution < 1.29 is 0 Å². The van der Waals surface area contributed by atoms with Gasteiger partial charge in [-0.05, 0) is 37.4 Å². The van der Waals surface area contributed by atoms with Crippen molar-refractivity contribution in [2.75, 3.05) is 32.7 Å². The molecule has 0 bridgehead atoms. The molecule has 2 fully saturated rings. The summed E-state index contributed by atoms with van der Waals surface area (Å²) in [5.74, 6) is 0.621. The van der Waals surface area contributed by atoms with Crippen molar-refractivity contribution in [2.45, 2.75) is 18.9 Å². The zero-order valence-corrected chi connectivity index (χ0v) is 8.39. The molecule has 2 saturated heterocycles. The fraction of sp³-hybridized carbons (Fsp3) is 1.00. The summed E-state index contributed by atoms with van der Waals surface area (Å²) in [6.07, 6.45) is 2.38. The zero-order chi connectivity index (χ0) is 9.80. The molecule has 2 aliphatic heterocycles. The molecule has 0 aromatic heterocycles. The van der Waals surface area contributed by atoms with E-state index in [2.05, 4.69) is 20.2 Å². The quantitative estimate of drug-likeness (QED) is 0.414. The first kappa shape index (κ1) is 9.77. The number of hydrogen-bond acceptors (Lipinski definition) is 3. The molecule has 0 atom stereocenters. The van der Waals surface area contributed by atoms with Crippen LogP contribution in [0.15, 0.2) is 5.11 Å². The Morgan fingerprint density at radius 3 is 2.57 bits per heavy atom. The van der Waals surface area contributed by atoms with E-state index in [0.29, 0.717) is 12.5 Å². The minimum atomic E-state index is 0.621. The molecule has 78 valence electrons. The van der Waals surface area contributed by atoms with E-state index < -0.39 is 0 Å². The summed E-state index contributed by atoms with van der Waals surface area (Å²) in [5.41, 5.74) is 8.22. The lowest BCUT2D eigenvalue weighted by Crippen LogP contribution is -2.58. The second-order valence-corrected chi connectivity index (χ2v) is 4.20. The largest absolute Gasteiger partial charge is 0.314 e.